The molecule has 15 heavy (non-hydrogen) atoms. The highest BCUT2D eigenvalue weighted by Crippen LogP contribution is 2.42. The number of morpholine rings is 1. The van der Waals surface area contributed by atoms with E-state index in [-0.39, 0.29) is 5.60 Å². The Balaban J connectivity index is 2.13. The second kappa shape index (κ2) is 4.42. The van der Waals surface area contributed by atoms with E-state index in [1.807, 2.05) is 0 Å². The van der Waals surface area contributed by atoms with E-state index in [9.17, 15) is 0 Å². The van der Waals surface area contributed by atoms with Crippen LogP contribution in [0, 0.1) is 11.8 Å². The Labute approximate surface area is 93.8 Å². The van der Waals surface area contributed by atoms with Gasteiger partial charge in [0.05, 0.1) is 11.7 Å². The highest BCUT2D eigenvalue weighted by molar-refractivity contribution is 4.97. The van der Waals surface area contributed by atoms with Crippen molar-refractivity contribution in [2.75, 3.05) is 13.1 Å². The van der Waals surface area contributed by atoms with Crippen LogP contribution in [0.4, 0.5) is 0 Å². The van der Waals surface area contributed by atoms with Crippen molar-refractivity contribution in [1.29, 1.82) is 0 Å². The lowest BCUT2D eigenvalue weighted by Crippen LogP contribution is -2.59. The first-order valence-corrected chi connectivity index (χ1v) is 6.52. The van der Waals surface area contributed by atoms with Crippen LogP contribution in [0.25, 0.3) is 0 Å². The zero-order chi connectivity index (χ0) is 10.9. The highest BCUT2D eigenvalue weighted by Gasteiger charge is 2.45. The molecule has 0 aromatic rings. The van der Waals surface area contributed by atoms with E-state index >= 15 is 0 Å². The minimum Gasteiger partial charge on any atom is -0.369 e. The molecule has 1 aliphatic heterocycles. The molecule has 1 saturated heterocycles. The van der Waals surface area contributed by atoms with Crippen molar-refractivity contribution in [3.05, 3.63) is 0 Å². The summed E-state index contributed by atoms with van der Waals surface area (Å²) < 4.78 is 6.33. The fraction of sp³-hybridized carbons (Fsp3) is 1.00. The van der Waals surface area contributed by atoms with Gasteiger partial charge in [-0.2, -0.15) is 0 Å². The molecule has 1 heterocycles. The smallest absolute Gasteiger partial charge is 0.0840 e. The molecule has 2 rings (SSSR count). The van der Waals surface area contributed by atoms with E-state index < -0.39 is 0 Å². The van der Waals surface area contributed by atoms with Crippen molar-refractivity contribution in [2.45, 2.75) is 58.2 Å². The molecule has 0 radical (unpaired) electrons. The van der Waals surface area contributed by atoms with E-state index in [1.165, 1.54) is 25.7 Å². The van der Waals surface area contributed by atoms with Gasteiger partial charge in [0.25, 0.3) is 0 Å². The molecule has 1 saturated carbocycles. The van der Waals surface area contributed by atoms with Gasteiger partial charge < -0.3 is 10.1 Å². The van der Waals surface area contributed by atoms with Crippen molar-refractivity contribution >= 4 is 0 Å². The summed E-state index contributed by atoms with van der Waals surface area (Å²) in [5.41, 5.74) is 0.157. The van der Waals surface area contributed by atoms with Crippen molar-refractivity contribution in [2.24, 2.45) is 11.8 Å². The molecule has 1 N–H and O–H groups in total. The number of ether oxygens (including phenoxy) is 1. The van der Waals surface area contributed by atoms with Gasteiger partial charge in [0.15, 0.2) is 0 Å². The predicted octanol–water partition coefficient (Wildman–Crippen LogP) is 2.58. The fourth-order valence-electron chi connectivity index (χ4n) is 3.51. The summed E-state index contributed by atoms with van der Waals surface area (Å²) in [6.45, 7) is 8.98. The van der Waals surface area contributed by atoms with Crippen LogP contribution in [0.5, 0.6) is 0 Å². The van der Waals surface area contributed by atoms with Gasteiger partial charge >= 0.3 is 0 Å². The summed E-state index contributed by atoms with van der Waals surface area (Å²) in [5.74, 6) is 1.50. The van der Waals surface area contributed by atoms with Crippen LogP contribution in [0.1, 0.15) is 46.5 Å². The van der Waals surface area contributed by atoms with Crippen molar-refractivity contribution in [3.8, 4) is 0 Å². The van der Waals surface area contributed by atoms with E-state index in [1.54, 1.807) is 0 Å². The largest absolute Gasteiger partial charge is 0.369 e. The monoisotopic (exact) mass is 211 g/mol. The predicted molar refractivity (Wildman–Crippen MR) is 62.9 cm³/mol. The lowest BCUT2D eigenvalue weighted by molar-refractivity contribution is -0.166. The maximum absolute atomic E-state index is 6.33. The topological polar surface area (TPSA) is 21.3 Å². The van der Waals surface area contributed by atoms with Crippen molar-refractivity contribution in [1.82, 2.24) is 5.32 Å². The molecule has 2 heteroatoms. The summed E-state index contributed by atoms with van der Waals surface area (Å²) in [6.07, 6.45) is 5.73. The molecular formula is C13H25NO. The van der Waals surface area contributed by atoms with Gasteiger partial charge in [0, 0.05) is 13.1 Å². The molecule has 2 aliphatic rings. The van der Waals surface area contributed by atoms with Gasteiger partial charge in [-0.3, -0.25) is 0 Å². The number of nitrogens with one attached hydrogen (secondary N) is 1. The minimum atomic E-state index is 0.157. The zero-order valence-corrected chi connectivity index (χ0v) is 10.4. The van der Waals surface area contributed by atoms with E-state index in [0.29, 0.717) is 6.10 Å². The van der Waals surface area contributed by atoms with Crippen LogP contribution in [0.15, 0.2) is 0 Å². The van der Waals surface area contributed by atoms with E-state index in [2.05, 4.69) is 26.1 Å². The van der Waals surface area contributed by atoms with Gasteiger partial charge in [-0.15, -0.1) is 0 Å². The van der Waals surface area contributed by atoms with Gasteiger partial charge in [-0.05, 0) is 31.6 Å². The third-order valence-corrected chi connectivity index (χ3v) is 4.14. The molecule has 0 bridgehead atoms. The summed E-state index contributed by atoms with van der Waals surface area (Å²) in [4.78, 5) is 0. The molecule has 0 amide bonds. The summed E-state index contributed by atoms with van der Waals surface area (Å²) >= 11 is 0. The summed E-state index contributed by atoms with van der Waals surface area (Å²) in [6, 6.07) is 0. The lowest BCUT2D eigenvalue weighted by atomic mass is 9.69. The van der Waals surface area contributed by atoms with Crippen LogP contribution in [0.2, 0.25) is 0 Å². The van der Waals surface area contributed by atoms with Crippen LogP contribution in [-0.2, 0) is 4.74 Å². The molecule has 3 unspecified atom stereocenters. The maximum atomic E-state index is 6.33. The second-order valence-corrected chi connectivity index (χ2v) is 5.72. The van der Waals surface area contributed by atoms with Gasteiger partial charge in [0.2, 0.25) is 0 Å². The average Bonchev–Trinajstić information content (AvgIpc) is 2.17. The van der Waals surface area contributed by atoms with Crippen LogP contribution in [-0.4, -0.2) is 24.8 Å². The molecule has 1 aliphatic carbocycles. The number of hydrogen-bond donors (Lipinski definition) is 1. The summed E-state index contributed by atoms with van der Waals surface area (Å²) in [7, 11) is 0. The molecule has 1 spiro atoms. The molecule has 0 aromatic carbocycles. The number of rotatable bonds is 1. The Hall–Kier alpha value is -0.0800. The number of hydrogen-bond acceptors (Lipinski definition) is 2. The van der Waals surface area contributed by atoms with E-state index in [4.69, 9.17) is 4.74 Å². The molecule has 3 atom stereocenters. The lowest BCUT2D eigenvalue weighted by Gasteiger charge is -2.50. The first-order valence-electron chi connectivity index (χ1n) is 6.52. The van der Waals surface area contributed by atoms with Crippen LogP contribution >= 0.6 is 0 Å². The Morgan fingerprint density at radius 2 is 2.13 bits per heavy atom. The second-order valence-electron chi connectivity index (χ2n) is 5.72. The van der Waals surface area contributed by atoms with Gasteiger partial charge in [-0.25, -0.2) is 0 Å². The molecule has 0 aromatic heterocycles. The van der Waals surface area contributed by atoms with Crippen LogP contribution < -0.4 is 5.32 Å². The third kappa shape index (κ3) is 2.21. The molecule has 88 valence electrons. The van der Waals surface area contributed by atoms with Crippen molar-refractivity contribution < 1.29 is 4.74 Å². The first kappa shape index (κ1) is 11.4. The van der Waals surface area contributed by atoms with Gasteiger partial charge in [-0.1, -0.05) is 26.7 Å². The standard InChI is InChI=1S/C13H25NO/c1-10(2)12-6-4-5-7-13(12)9-14-8-11(3)15-13/h10-12,14H,4-9H2,1-3H3. The van der Waals surface area contributed by atoms with Gasteiger partial charge in [0.1, 0.15) is 0 Å². The Morgan fingerprint density at radius 1 is 1.33 bits per heavy atom. The Kier molecular flexibility index (Phi) is 3.36. The van der Waals surface area contributed by atoms with E-state index in [0.717, 1.165) is 24.9 Å². The molecular weight excluding hydrogens is 186 g/mol. The highest BCUT2D eigenvalue weighted by atomic mass is 16.5. The summed E-state index contributed by atoms with van der Waals surface area (Å²) in [5, 5.41) is 3.55. The SMILES string of the molecule is CC1CNCC2(CCCCC2C(C)C)O1. The first-order chi connectivity index (χ1) is 7.14. The molecule has 2 nitrogen and oxygen atoms in total. The Morgan fingerprint density at radius 3 is 2.80 bits per heavy atom. The fourth-order valence-corrected chi connectivity index (χ4v) is 3.51. The third-order valence-electron chi connectivity index (χ3n) is 4.14. The normalized spacial score (nSPS) is 42.4. The quantitative estimate of drug-likeness (QED) is 0.720. The Bertz CT molecular complexity index is 213. The zero-order valence-electron chi connectivity index (χ0n) is 10.4. The van der Waals surface area contributed by atoms with Crippen molar-refractivity contribution in [3.63, 3.8) is 0 Å². The average molecular weight is 211 g/mol. The minimum absolute atomic E-state index is 0.157. The molecule has 2 fully saturated rings. The van der Waals surface area contributed by atoms with Crippen LogP contribution in [0.3, 0.4) is 0 Å². The maximum Gasteiger partial charge on any atom is 0.0840 e.